The van der Waals surface area contributed by atoms with E-state index in [1.807, 2.05) is 24.4 Å². The van der Waals surface area contributed by atoms with Crippen LogP contribution < -0.4 is 4.57 Å². The van der Waals surface area contributed by atoms with Crippen molar-refractivity contribution in [3.05, 3.63) is 42.0 Å². The third-order valence-corrected chi connectivity index (χ3v) is 2.04. The van der Waals surface area contributed by atoms with Crippen molar-refractivity contribution in [2.75, 3.05) is 0 Å². The Balaban J connectivity index is 2.33. The minimum atomic E-state index is 0.959. The van der Waals surface area contributed by atoms with Crippen LogP contribution in [-0.4, -0.2) is 0 Å². The molecule has 0 aliphatic carbocycles. The maximum absolute atomic E-state index is 3.99. The van der Waals surface area contributed by atoms with Gasteiger partial charge in [-0.25, -0.2) is 0 Å². The summed E-state index contributed by atoms with van der Waals surface area (Å²) < 4.78 is 2.08. The van der Waals surface area contributed by atoms with E-state index in [-0.39, 0.29) is 0 Å². The lowest BCUT2D eigenvalue weighted by Crippen LogP contribution is -2.31. The second-order valence-electron chi connectivity index (χ2n) is 2.75. The van der Waals surface area contributed by atoms with E-state index in [1.54, 1.807) is 6.20 Å². The highest BCUT2D eigenvalue weighted by Gasteiger charge is 2.29. The molecule has 3 heteroatoms. The van der Waals surface area contributed by atoms with E-state index in [0.29, 0.717) is 0 Å². The van der Waals surface area contributed by atoms with Crippen LogP contribution in [0.15, 0.2) is 46.5 Å². The molecular formula is C9H6N3+. The first-order valence-electron chi connectivity index (χ1n) is 3.79. The largest absolute Gasteiger partial charge is 0.259 e. The molecule has 0 atom stereocenters. The third kappa shape index (κ3) is 0.580. The van der Waals surface area contributed by atoms with Gasteiger partial charge in [-0.1, -0.05) is 0 Å². The number of azo groups is 1. The number of pyridine rings is 1. The van der Waals surface area contributed by atoms with Gasteiger partial charge in [-0.3, -0.25) is 0 Å². The Morgan fingerprint density at radius 2 is 2.25 bits per heavy atom. The fourth-order valence-electron chi connectivity index (χ4n) is 1.48. The summed E-state index contributed by atoms with van der Waals surface area (Å²) in [7, 11) is 0. The van der Waals surface area contributed by atoms with Gasteiger partial charge >= 0.3 is 0 Å². The molecule has 0 saturated carbocycles. The van der Waals surface area contributed by atoms with Crippen molar-refractivity contribution in [3.63, 3.8) is 0 Å². The Morgan fingerprint density at radius 3 is 3.25 bits per heavy atom. The number of nitrogens with zero attached hydrogens (tertiary/aromatic N) is 3. The molecule has 0 spiro atoms. The van der Waals surface area contributed by atoms with E-state index in [4.69, 9.17) is 0 Å². The molecule has 0 fully saturated rings. The van der Waals surface area contributed by atoms with Crippen LogP contribution in [0.5, 0.6) is 0 Å². The standard InChI is InChI=1S/C9H6N3/c1-2-4-12-7(3-1)5-8-9(12)6-10-11-8/h1-6H/q+1. The summed E-state index contributed by atoms with van der Waals surface area (Å²) in [6.45, 7) is 0. The summed E-state index contributed by atoms with van der Waals surface area (Å²) in [5.74, 6) is 0. The monoisotopic (exact) mass is 156 g/mol. The maximum atomic E-state index is 3.99. The second kappa shape index (κ2) is 1.88. The van der Waals surface area contributed by atoms with Crippen molar-refractivity contribution in [2.24, 2.45) is 10.2 Å². The smallest absolute Gasteiger partial charge is 0.157 e. The quantitative estimate of drug-likeness (QED) is 0.510. The average molecular weight is 156 g/mol. The number of rotatable bonds is 0. The molecule has 0 radical (unpaired) electrons. The van der Waals surface area contributed by atoms with Gasteiger partial charge in [-0.05, 0) is 6.07 Å². The second-order valence-corrected chi connectivity index (χ2v) is 2.75. The summed E-state index contributed by atoms with van der Waals surface area (Å²) in [6, 6.07) is 6.07. The molecule has 0 N–H and O–H groups in total. The summed E-state index contributed by atoms with van der Waals surface area (Å²) in [5.41, 5.74) is 3.20. The Hall–Kier alpha value is -1.77. The van der Waals surface area contributed by atoms with Crippen molar-refractivity contribution in [1.82, 2.24) is 0 Å². The van der Waals surface area contributed by atoms with E-state index in [1.165, 1.54) is 0 Å². The molecular weight excluding hydrogens is 150 g/mol. The van der Waals surface area contributed by atoms with Gasteiger partial charge in [-0.2, -0.15) is 9.68 Å². The predicted molar refractivity (Wildman–Crippen MR) is 43.7 cm³/mol. The Kier molecular flexibility index (Phi) is 0.913. The molecule has 1 aromatic heterocycles. The minimum Gasteiger partial charge on any atom is -0.157 e. The van der Waals surface area contributed by atoms with E-state index < -0.39 is 0 Å². The fraction of sp³-hybridized carbons (Fsp3) is 0. The van der Waals surface area contributed by atoms with E-state index in [9.17, 15) is 0 Å². The van der Waals surface area contributed by atoms with Gasteiger partial charge < -0.3 is 0 Å². The molecule has 2 aliphatic rings. The first-order valence-corrected chi connectivity index (χ1v) is 3.79. The average Bonchev–Trinajstić information content (AvgIpc) is 2.62. The SMILES string of the molecule is C1=C2N=NC=C2[n+]2ccccc21. The van der Waals surface area contributed by atoms with Crippen molar-refractivity contribution < 1.29 is 4.57 Å². The molecule has 3 heterocycles. The van der Waals surface area contributed by atoms with Gasteiger partial charge in [0, 0.05) is 18.2 Å². The van der Waals surface area contributed by atoms with E-state index >= 15 is 0 Å². The van der Waals surface area contributed by atoms with Crippen LogP contribution in [0.3, 0.4) is 0 Å². The molecule has 2 aliphatic heterocycles. The highest BCUT2D eigenvalue weighted by atomic mass is 15.2. The lowest BCUT2D eigenvalue weighted by Gasteiger charge is -1.89. The fourth-order valence-corrected chi connectivity index (χ4v) is 1.48. The van der Waals surface area contributed by atoms with Crippen LogP contribution in [0.25, 0.3) is 11.8 Å². The van der Waals surface area contributed by atoms with Crippen LogP contribution in [0.1, 0.15) is 5.69 Å². The third-order valence-electron chi connectivity index (χ3n) is 2.04. The van der Waals surface area contributed by atoms with Crippen LogP contribution in [0, 0.1) is 0 Å². The van der Waals surface area contributed by atoms with E-state index in [2.05, 4.69) is 20.9 Å². The molecule has 3 nitrogen and oxygen atoms in total. The maximum Gasteiger partial charge on any atom is 0.259 e. The highest BCUT2D eigenvalue weighted by molar-refractivity contribution is 5.72. The lowest BCUT2D eigenvalue weighted by atomic mass is 10.3. The molecule has 3 rings (SSSR count). The highest BCUT2D eigenvalue weighted by Crippen LogP contribution is 2.26. The van der Waals surface area contributed by atoms with Crippen molar-refractivity contribution in [3.8, 4) is 0 Å². The molecule has 1 aromatic rings. The number of fused-ring (bicyclic) bond motifs is 3. The molecule has 56 valence electrons. The van der Waals surface area contributed by atoms with Gasteiger partial charge in [0.15, 0.2) is 11.9 Å². The normalized spacial score (nSPS) is 17.0. The predicted octanol–water partition coefficient (Wildman–Crippen LogP) is 1.59. The topological polar surface area (TPSA) is 28.6 Å². The van der Waals surface area contributed by atoms with Gasteiger partial charge in [0.2, 0.25) is 5.69 Å². The molecule has 0 unspecified atom stereocenters. The van der Waals surface area contributed by atoms with E-state index in [0.717, 1.165) is 17.1 Å². The molecule has 0 amide bonds. The van der Waals surface area contributed by atoms with Gasteiger partial charge in [0.1, 0.15) is 6.20 Å². The molecule has 0 bridgehead atoms. The Labute approximate surface area is 69.4 Å². The number of hydrogen-bond acceptors (Lipinski definition) is 2. The summed E-state index contributed by atoms with van der Waals surface area (Å²) in [6.07, 6.45) is 5.83. The van der Waals surface area contributed by atoms with Crippen LogP contribution in [-0.2, 0) is 0 Å². The molecule has 0 saturated heterocycles. The lowest BCUT2D eigenvalue weighted by molar-refractivity contribution is -0.578. The zero-order chi connectivity index (χ0) is 7.97. The van der Waals surface area contributed by atoms with Crippen LogP contribution in [0.4, 0.5) is 0 Å². The Bertz CT molecular complexity index is 441. The van der Waals surface area contributed by atoms with Gasteiger partial charge in [0.25, 0.3) is 5.70 Å². The zero-order valence-electron chi connectivity index (χ0n) is 6.31. The first kappa shape index (κ1) is 5.83. The molecule has 12 heavy (non-hydrogen) atoms. The van der Waals surface area contributed by atoms with Crippen molar-refractivity contribution >= 4 is 11.8 Å². The molecule has 0 aromatic carbocycles. The first-order chi connectivity index (χ1) is 5.95. The van der Waals surface area contributed by atoms with Crippen molar-refractivity contribution in [1.29, 1.82) is 0 Å². The number of aromatic nitrogens is 1. The van der Waals surface area contributed by atoms with Crippen LogP contribution >= 0.6 is 0 Å². The van der Waals surface area contributed by atoms with Gasteiger partial charge in [0.05, 0.1) is 0 Å². The van der Waals surface area contributed by atoms with Crippen LogP contribution in [0.2, 0.25) is 0 Å². The Morgan fingerprint density at radius 1 is 1.25 bits per heavy atom. The van der Waals surface area contributed by atoms with Crippen molar-refractivity contribution in [2.45, 2.75) is 0 Å². The number of allylic oxidation sites excluding steroid dienone is 1. The minimum absolute atomic E-state index is 0.959. The summed E-state index contributed by atoms with van der Waals surface area (Å²) in [5, 5.41) is 7.83. The number of hydrogen-bond donors (Lipinski definition) is 0. The zero-order valence-corrected chi connectivity index (χ0v) is 6.31. The van der Waals surface area contributed by atoms with Gasteiger partial charge in [-0.15, -0.1) is 5.11 Å². The summed E-state index contributed by atoms with van der Waals surface area (Å²) >= 11 is 0. The summed E-state index contributed by atoms with van der Waals surface area (Å²) in [4.78, 5) is 0.